The summed E-state index contributed by atoms with van der Waals surface area (Å²) in [5.41, 5.74) is 0.976. The second-order valence-electron chi connectivity index (χ2n) is 3.32. The predicted molar refractivity (Wildman–Crippen MR) is 50.8 cm³/mol. The first-order chi connectivity index (χ1) is 6.58. The first-order valence-electron chi connectivity index (χ1n) is 4.24. The predicted octanol–water partition coefficient (Wildman–Crippen LogP) is 0.165. The van der Waals surface area contributed by atoms with E-state index in [9.17, 15) is 4.79 Å². The minimum absolute atomic E-state index is 0.123. The summed E-state index contributed by atoms with van der Waals surface area (Å²) in [6, 6.07) is 0. The van der Waals surface area contributed by atoms with E-state index in [2.05, 4.69) is 9.97 Å². The van der Waals surface area contributed by atoms with Crippen LogP contribution in [0.25, 0.3) is 0 Å². The van der Waals surface area contributed by atoms with Gasteiger partial charge in [0.15, 0.2) is 0 Å². The number of carboxylic acids is 1. The van der Waals surface area contributed by atoms with Crippen LogP contribution in [0.1, 0.15) is 11.4 Å². The van der Waals surface area contributed by atoms with Gasteiger partial charge in [0.05, 0.1) is 0 Å². The Morgan fingerprint density at radius 3 is 2.43 bits per heavy atom. The third-order valence-electron chi connectivity index (χ3n) is 1.57. The van der Waals surface area contributed by atoms with Crippen molar-refractivity contribution < 1.29 is 9.90 Å². The summed E-state index contributed by atoms with van der Waals surface area (Å²) in [7, 11) is 3.90. The maximum atomic E-state index is 10.3. The lowest BCUT2D eigenvalue weighted by molar-refractivity contribution is -0.136. The van der Waals surface area contributed by atoms with Gasteiger partial charge in [-0.2, -0.15) is 0 Å². The van der Waals surface area contributed by atoms with Crippen LogP contribution in [0.2, 0.25) is 0 Å². The number of aliphatic carboxylic acids is 1. The molecule has 14 heavy (non-hydrogen) atoms. The molecule has 0 fully saturated rings. The highest BCUT2D eigenvalue weighted by Gasteiger charge is 2.03. The third kappa shape index (κ3) is 3.49. The van der Waals surface area contributed by atoms with Crippen LogP contribution in [0, 0.1) is 0 Å². The first-order valence-corrected chi connectivity index (χ1v) is 4.24. The second kappa shape index (κ2) is 4.66. The van der Waals surface area contributed by atoms with Gasteiger partial charge in [-0.3, -0.25) is 4.79 Å². The van der Waals surface area contributed by atoms with Crippen molar-refractivity contribution in [2.75, 3.05) is 14.1 Å². The molecular formula is C9H13N3O2. The van der Waals surface area contributed by atoms with Crippen LogP contribution in [-0.4, -0.2) is 40.0 Å². The van der Waals surface area contributed by atoms with Crippen LogP contribution in [0.15, 0.2) is 12.4 Å². The molecule has 1 heterocycles. The van der Waals surface area contributed by atoms with Crippen LogP contribution in [0.5, 0.6) is 0 Å². The Bertz CT molecular complexity index is 308. The number of nitrogens with zero attached hydrogens (tertiary/aromatic N) is 3. The SMILES string of the molecule is CN(C)Cc1cnc(CC(=O)O)nc1. The molecule has 1 aromatic rings. The molecule has 0 saturated heterocycles. The molecule has 5 nitrogen and oxygen atoms in total. The molecule has 0 amide bonds. The molecular weight excluding hydrogens is 182 g/mol. The van der Waals surface area contributed by atoms with E-state index in [-0.39, 0.29) is 6.42 Å². The van der Waals surface area contributed by atoms with Crippen molar-refractivity contribution in [3.8, 4) is 0 Å². The molecule has 0 bridgehead atoms. The van der Waals surface area contributed by atoms with E-state index < -0.39 is 5.97 Å². The van der Waals surface area contributed by atoms with Crippen molar-refractivity contribution in [1.82, 2.24) is 14.9 Å². The van der Waals surface area contributed by atoms with Gasteiger partial charge in [-0.1, -0.05) is 0 Å². The first kappa shape index (κ1) is 10.6. The number of hydrogen-bond donors (Lipinski definition) is 1. The highest BCUT2D eigenvalue weighted by atomic mass is 16.4. The molecule has 0 radical (unpaired) electrons. The summed E-state index contributed by atoms with van der Waals surface area (Å²) in [5, 5.41) is 8.49. The molecule has 5 heteroatoms. The normalized spacial score (nSPS) is 10.5. The number of hydrogen-bond acceptors (Lipinski definition) is 4. The average Bonchev–Trinajstić information content (AvgIpc) is 2.06. The molecule has 76 valence electrons. The van der Waals surface area contributed by atoms with Crippen molar-refractivity contribution in [3.63, 3.8) is 0 Å². The number of rotatable bonds is 4. The fourth-order valence-electron chi connectivity index (χ4n) is 1.05. The zero-order chi connectivity index (χ0) is 10.6. The van der Waals surface area contributed by atoms with E-state index in [1.54, 1.807) is 12.4 Å². The Morgan fingerprint density at radius 2 is 2.00 bits per heavy atom. The van der Waals surface area contributed by atoms with Crippen molar-refractivity contribution in [1.29, 1.82) is 0 Å². The highest BCUT2D eigenvalue weighted by Crippen LogP contribution is 1.99. The van der Waals surface area contributed by atoms with Crippen molar-refractivity contribution >= 4 is 5.97 Å². The number of aromatic nitrogens is 2. The molecule has 1 rings (SSSR count). The van der Waals surface area contributed by atoms with Gasteiger partial charge in [-0.25, -0.2) is 9.97 Å². The molecule has 1 aromatic heterocycles. The minimum Gasteiger partial charge on any atom is -0.481 e. The summed E-state index contributed by atoms with van der Waals surface area (Å²) in [6.07, 6.45) is 3.19. The van der Waals surface area contributed by atoms with Crippen LogP contribution < -0.4 is 0 Å². The van der Waals surface area contributed by atoms with E-state index in [1.165, 1.54) is 0 Å². The van der Waals surface area contributed by atoms with E-state index in [4.69, 9.17) is 5.11 Å². The molecule has 0 aliphatic carbocycles. The van der Waals surface area contributed by atoms with E-state index in [0.29, 0.717) is 5.82 Å². The van der Waals surface area contributed by atoms with Gasteiger partial charge in [0.1, 0.15) is 12.2 Å². The topological polar surface area (TPSA) is 66.3 Å². The summed E-state index contributed by atoms with van der Waals surface area (Å²) < 4.78 is 0. The molecule has 0 atom stereocenters. The van der Waals surface area contributed by atoms with Gasteiger partial charge in [-0.15, -0.1) is 0 Å². The van der Waals surface area contributed by atoms with Gasteiger partial charge in [0.2, 0.25) is 0 Å². The van der Waals surface area contributed by atoms with Gasteiger partial charge in [0.25, 0.3) is 0 Å². The van der Waals surface area contributed by atoms with E-state index in [0.717, 1.165) is 12.1 Å². The molecule has 0 saturated carbocycles. The lowest BCUT2D eigenvalue weighted by Crippen LogP contribution is -2.12. The van der Waals surface area contributed by atoms with Gasteiger partial charge < -0.3 is 10.0 Å². The summed E-state index contributed by atoms with van der Waals surface area (Å²) >= 11 is 0. The van der Waals surface area contributed by atoms with Crippen molar-refractivity contribution in [3.05, 3.63) is 23.8 Å². The monoisotopic (exact) mass is 195 g/mol. The maximum Gasteiger partial charge on any atom is 0.311 e. The van der Waals surface area contributed by atoms with Gasteiger partial charge in [0, 0.05) is 24.5 Å². The Labute approximate surface area is 82.4 Å². The third-order valence-corrected chi connectivity index (χ3v) is 1.57. The smallest absolute Gasteiger partial charge is 0.311 e. The molecule has 0 aliphatic heterocycles. The zero-order valence-corrected chi connectivity index (χ0v) is 8.27. The van der Waals surface area contributed by atoms with Crippen LogP contribution >= 0.6 is 0 Å². The molecule has 0 spiro atoms. The van der Waals surface area contributed by atoms with Crippen molar-refractivity contribution in [2.24, 2.45) is 0 Å². The summed E-state index contributed by atoms with van der Waals surface area (Å²) in [6.45, 7) is 0.757. The summed E-state index contributed by atoms with van der Waals surface area (Å²) in [5.74, 6) is -0.564. The lowest BCUT2D eigenvalue weighted by Gasteiger charge is -2.08. The van der Waals surface area contributed by atoms with E-state index >= 15 is 0 Å². The molecule has 0 aliphatic rings. The maximum absolute atomic E-state index is 10.3. The van der Waals surface area contributed by atoms with Crippen molar-refractivity contribution in [2.45, 2.75) is 13.0 Å². The Kier molecular flexibility index (Phi) is 3.53. The van der Waals surface area contributed by atoms with Gasteiger partial charge >= 0.3 is 5.97 Å². The number of carboxylic acid groups (broad SMARTS) is 1. The highest BCUT2D eigenvalue weighted by molar-refractivity contribution is 5.68. The Morgan fingerprint density at radius 1 is 1.43 bits per heavy atom. The largest absolute Gasteiger partial charge is 0.481 e. The van der Waals surface area contributed by atoms with E-state index in [1.807, 2.05) is 19.0 Å². The molecule has 1 N–H and O–H groups in total. The number of carbonyl (C=O) groups is 1. The lowest BCUT2D eigenvalue weighted by atomic mass is 10.3. The fourth-order valence-corrected chi connectivity index (χ4v) is 1.05. The summed E-state index contributed by atoms with van der Waals surface area (Å²) in [4.78, 5) is 20.2. The minimum atomic E-state index is -0.912. The molecule has 0 unspecified atom stereocenters. The zero-order valence-electron chi connectivity index (χ0n) is 8.27. The standard InChI is InChI=1S/C9H13N3O2/c1-12(2)6-7-4-10-8(11-5-7)3-9(13)14/h4-5H,3,6H2,1-2H3,(H,13,14). The Hall–Kier alpha value is -1.49. The van der Waals surface area contributed by atoms with Crippen LogP contribution in [-0.2, 0) is 17.8 Å². The molecule has 0 aromatic carbocycles. The second-order valence-corrected chi connectivity index (χ2v) is 3.32. The average molecular weight is 195 g/mol. The van der Waals surface area contributed by atoms with Gasteiger partial charge in [-0.05, 0) is 14.1 Å². The fraction of sp³-hybridized carbons (Fsp3) is 0.444. The van der Waals surface area contributed by atoms with Crippen LogP contribution in [0.4, 0.5) is 0 Å². The Balaban J connectivity index is 2.63. The van der Waals surface area contributed by atoms with Crippen LogP contribution in [0.3, 0.4) is 0 Å². The quantitative estimate of drug-likeness (QED) is 0.741.